The van der Waals surface area contributed by atoms with Gasteiger partial charge in [0.15, 0.2) is 0 Å². The van der Waals surface area contributed by atoms with Gasteiger partial charge in [-0.3, -0.25) is 0 Å². The average molecular weight is 286 g/mol. The molecule has 3 rings (SSSR count). The molecule has 1 fully saturated rings. The number of para-hydroxylation sites is 1. The zero-order chi connectivity index (χ0) is 14.9. The van der Waals surface area contributed by atoms with Crippen molar-refractivity contribution in [2.24, 2.45) is 0 Å². The highest BCUT2D eigenvalue weighted by Gasteiger charge is 2.55. The van der Waals surface area contributed by atoms with E-state index in [1.165, 1.54) is 0 Å². The van der Waals surface area contributed by atoms with Gasteiger partial charge < -0.3 is 14.7 Å². The van der Waals surface area contributed by atoms with Crippen molar-refractivity contribution in [1.82, 2.24) is 4.90 Å². The van der Waals surface area contributed by atoms with E-state index in [0.29, 0.717) is 25.9 Å². The van der Waals surface area contributed by atoms with Crippen LogP contribution < -0.4 is 4.74 Å². The molecule has 2 heterocycles. The number of likely N-dealkylation sites (tertiary alicyclic amines) is 1. The van der Waals surface area contributed by atoms with E-state index in [9.17, 15) is 10.4 Å². The van der Waals surface area contributed by atoms with E-state index in [1.54, 1.807) is 0 Å². The van der Waals surface area contributed by atoms with E-state index >= 15 is 0 Å². The van der Waals surface area contributed by atoms with E-state index in [1.807, 2.05) is 24.3 Å². The highest BCUT2D eigenvalue weighted by atomic mass is 16.5. The summed E-state index contributed by atoms with van der Waals surface area (Å²) in [6.45, 7) is 5.31. The van der Waals surface area contributed by atoms with Crippen LogP contribution in [0.4, 0.5) is 0 Å². The van der Waals surface area contributed by atoms with Crippen molar-refractivity contribution in [3.8, 4) is 11.8 Å². The third-order valence-electron chi connectivity index (χ3n) is 5.20. The minimum absolute atomic E-state index is 0.490. The summed E-state index contributed by atoms with van der Waals surface area (Å²) in [6.07, 6.45) is 1.84. The Kier molecular flexibility index (Phi) is 3.64. The third-order valence-corrected chi connectivity index (χ3v) is 5.20. The lowest BCUT2D eigenvalue weighted by molar-refractivity contribution is -0.0752. The first-order valence-corrected chi connectivity index (χ1v) is 7.73. The maximum Gasteiger partial charge on any atom is 0.124 e. The van der Waals surface area contributed by atoms with Gasteiger partial charge in [0.1, 0.15) is 11.2 Å². The van der Waals surface area contributed by atoms with Crippen LogP contribution in [-0.4, -0.2) is 41.8 Å². The van der Waals surface area contributed by atoms with Crippen molar-refractivity contribution in [3.63, 3.8) is 0 Å². The quantitative estimate of drug-likeness (QED) is 0.904. The van der Waals surface area contributed by atoms with Crippen LogP contribution >= 0.6 is 0 Å². The van der Waals surface area contributed by atoms with E-state index in [0.717, 1.165) is 30.9 Å². The molecule has 4 heteroatoms. The van der Waals surface area contributed by atoms with Crippen LogP contribution in [0.2, 0.25) is 0 Å². The van der Waals surface area contributed by atoms with Gasteiger partial charge in [0.05, 0.1) is 18.3 Å². The summed E-state index contributed by atoms with van der Waals surface area (Å²) in [5, 5.41) is 21.3. The van der Waals surface area contributed by atoms with Crippen molar-refractivity contribution in [2.75, 3.05) is 26.2 Å². The molecule has 0 radical (unpaired) electrons. The molecule has 1 saturated heterocycles. The molecule has 4 nitrogen and oxygen atoms in total. The van der Waals surface area contributed by atoms with Crippen molar-refractivity contribution < 1.29 is 9.84 Å². The van der Waals surface area contributed by atoms with Crippen molar-refractivity contribution >= 4 is 0 Å². The van der Waals surface area contributed by atoms with Crippen LogP contribution in [0, 0.1) is 11.3 Å². The highest BCUT2D eigenvalue weighted by molar-refractivity contribution is 5.48. The summed E-state index contributed by atoms with van der Waals surface area (Å²) < 4.78 is 5.69. The minimum Gasteiger partial charge on any atom is -0.493 e. The lowest BCUT2D eigenvalue weighted by Gasteiger charge is -2.49. The molecule has 1 N–H and O–H groups in total. The van der Waals surface area contributed by atoms with E-state index < -0.39 is 11.0 Å². The number of nitrogens with zero attached hydrogens (tertiary/aromatic N) is 2. The first kappa shape index (κ1) is 14.4. The fourth-order valence-electron chi connectivity index (χ4n) is 3.76. The molecule has 0 spiro atoms. The highest BCUT2D eigenvalue weighted by Crippen LogP contribution is 2.49. The van der Waals surface area contributed by atoms with Crippen LogP contribution in [0.5, 0.6) is 5.75 Å². The molecular formula is C17H22N2O2. The van der Waals surface area contributed by atoms with Gasteiger partial charge in [-0.1, -0.05) is 25.1 Å². The summed E-state index contributed by atoms with van der Waals surface area (Å²) in [7, 11) is 0. The Bertz CT molecular complexity index is 558. The van der Waals surface area contributed by atoms with Gasteiger partial charge in [0, 0.05) is 25.1 Å². The zero-order valence-electron chi connectivity index (χ0n) is 12.5. The number of benzene rings is 1. The molecule has 0 bridgehead atoms. The molecule has 0 aromatic heterocycles. The Labute approximate surface area is 125 Å². The van der Waals surface area contributed by atoms with E-state index in [4.69, 9.17) is 4.74 Å². The molecule has 0 amide bonds. The lowest BCUT2D eigenvalue weighted by Crippen LogP contribution is -2.58. The Morgan fingerprint density at radius 3 is 2.67 bits per heavy atom. The molecule has 0 saturated carbocycles. The number of ether oxygens (including phenoxy) is 1. The fraction of sp³-hybridized carbons (Fsp3) is 0.588. The predicted molar refractivity (Wildman–Crippen MR) is 80.1 cm³/mol. The van der Waals surface area contributed by atoms with Gasteiger partial charge in [-0.25, -0.2) is 0 Å². The van der Waals surface area contributed by atoms with Crippen molar-refractivity contribution in [3.05, 3.63) is 29.8 Å². The number of rotatable bonds is 2. The molecule has 1 aromatic rings. The van der Waals surface area contributed by atoms with Crippen LogP contribution in [0.1, 0.15) is 31.7 Å². The van der Waals surface area contributed by atoms with Gasteiger partial charge in [-0.2, -0.15) is 5.26 Å². The number of nitriles is 1. The monoisotopic (exact) mass is 286 g/mol. The van der Waals surface area contributed by atoms with Gasteiger partial charge in [-0.15, -0.1) is 0 Å². The molecule has 1 unspecified atom stereocenters. The SMILES string of the molecule is CCN1CCC(O)(C2(C#N)CCOc3ccccc32)CC1. The predicted octanol–water partition coefficient (Wildman–Crippen LogP) is 2.08. The lowest BCUT2D eigenvalue weighted by atomic mass is 9.61. The van der Waals surface area contributed by atoms with Crippen LogP contribution in [-0.2, 0) is 5.41 Å². The molecule has 2 aliphatic rings. The standard InChI is InChI=1S/C17H22N2O2/c1-2-19-10-7-17(20,8-11-19)16(13-18)9-12-21-15-6-4-3-5-14(15)16/h3-6,20H,2,7-12H2,1H3. The Balaban J connectivity index is 2.01. The Morgan fingerprint density at radius 2 is 2.00 bits per heavy atom. The average Bonchev–Trinajstić information content (AvgIpc) is 2.55. The van der Waals surface area contributed by atoms with E-state index in [-0.39, 0.29) is 0 Å². The maximum atomic E-state index is 11.3. The zero-order valence-corrected chi connectivity index (χ0v) is 12.5. The Hall–Kier alpha value is -1.57. The van der Waals surface area contributed by atoms with E-state index in [2.05, 4.69) is 17.9 Å². The molecule has 1 aromatic carbocycles. The molecule has 112 valence electrons. The van der Waals surface area contributed by atoms with Crippen molar-refractivity contribution in [2.45, 2.75) is 37.2 Å². The molecule has 2 aliphatic heterocycles. The van der Waals surface area contributed by atoms with Gasteiger partial charge in [0.25, 0.3) is 0 Å². The number of aliphatic hydroxyl groups is 1. The molecule has 21 heavy (non-hydrogen) atoms. The summed E-state index contributed by atoms with van der Waals surface area (Å²) in [5.74, 6) is 0.747. The largest absolute Gasteiger partial charge is 0.493 e. The minimum atomic E-state index is -0.965. The summed E-state index contributed by atoms with van der Waals surface area (Å²) >= 11 is 0. The molecular weight excluding hydrogens is 264 g/mol. The second-order valence-electron chi connectivity index (χ2n) is 6.08. The summed E-state index contributed by atoms with van der Waals surface area (Å²) in [6, 6.07) is 10.1. The summed E-state index contributed by atoms with van der Waals surface area (Å²) in [5.41, 5.74) is -0.958. The maximum absolute atomic E-state index is 11.3. The number of hydrogen-bond acceptors (Lipinski definition) is 4. The van der Waals surface area contributed by atoms with Crippen molar-refractivity contribution in [1.29, 1.82) is 5.26 Å². The number of fused-ring (bicyclic) bond motifs is 1. The first-order valence-electron chi connectivity index (χ1n) is 7.73. The second kappa shape index (κ2) is 5.32. The number of piperidine rings is 1. The first-order chi connectivity index (χ1) is 10.1. The fourth-order valence-corrected chi connectivity index (χ4v) is 3.76. The molecule has 1 atom stereocenters. The smallest absolute Gasteiger partial charge is 0.124 e. The van der Waals surface area contributed by atoms with Gasteiger partial charge in [-0.05, 0) is 25.5 Å². The Morgan fingerprint density at radius 1 is 1.29 bits per heavy atom. The van der Waals surface area contributed by atoms with Gasteiger partial charge in [0.2, 0.25) is 0 Å². The topological polar surface area (TPSA) is 56.5 Å². The van der Waals surface area contributed by atoms with Crippen LogP contribution in [0.3, 0.4) is 0 Å². The number of hydrogen-bond donors (Lipinski definition) is 1. The van der Waals surface area contributed by atoms with Gasteiger partial charge >= 0.3 is 0 Å². The molecule has 0 aliphatic carbocycles. The van der Waals surface area contributed by atoms with Crippen LogP contribution in [0.15, 0.2) is 24.3 Å². The second-order valence-corrected chi connectivity index (χ2v) is 6.08. The third kappa shape index (κ3) is 2.12. The summed E-state index contributed by atoms with van der Waals surface area (Å²) in [4.78, 5) is 2.32. The van der Waals surface area contributed by atoms with Crippen LogP contribution in [0.25, 0.3) is 0 Å². The normalized spacial score (nSPS) is 28.2.